The normalized spacial score (nSPS) is 13.8. The first-order valence-corrected chi connectivity index (χ1v) is 10.8. The van der Waals surface area contributed by atoms with Crippen molar-refractivity contribution in [2.24, 2.45) is 0 Å². The van der Waals surface area contributed by atoms with Crippen LogP contribution in [-0.4, -0.2) is 39.6 Å². The van der Waals surface area contributed by atoms with E-state index in [2.05, 4.69) is 5.32 Å². The molecule has 0 aliphatic carbocycles. The number of nitriles is 1. The molecule has 2 aromatic rings. The molecule has 1 aliphatic heterocycles. The lowest BCUT2D eigenvalue weighted by Crippen LogP contribution is -2.37. The van der Waals surface area contributed by atoms with Gasteiger partial charge in [-0.25, -0.2) is 8.42 Å². The lowest BCUT2D eigenvalue weighted by molar-refractivity contribution is -0.117. The Hall–Kier alpha value is -3.38. The highest BCUT2D eigenvalue weighted by Gasteiger charge is 2.23. The van der Waals surface area contributed by atoms with Crippen LogP contribution in [0, 0.1) is 11.3 Å². The molecule has 1 N–H and O–H groups in total. The molecular weight excluding hydrogens is 392 g/mol. The minimum Gasteiger partial charge on any atom is -0.324 e. The maximum atomic E-state index is 12.5. The second-order valence-electron chi connectivity index (χ2n) is 6.68. The highest BCUT2D eigenvalue weighted by Crippen LogP contribution is 2.24. The molecular formula is C20H20N4O4S. The number of nitrogens with zero attached hydrogens (tertiary/aromatic N) is 3. The van der Waals surface area contributed by atoms with Crippen molar-refractivity contribution >= 4 is 38.9 Å². The summed E-state index contributed by atoms with van der Waals surface area (Å²) in [7, 11) is -3.75. The van der Waals surface area contributed by atoms with Crippen LogP contribution >= 0.6 is 0 Å². The molecule has 0 radical (unpaired) electrons. The van der Waals surface area contributed by atoms with Crippen LogP contribution < -0.4 is 14.5 Å². The number of carbonyl (C=O) groups is 2. The lowest BCUT2D eigenvalue weighted by atomic mass is 10.2. The molecule has 1 heterocycles. The highest BCUT2D eigenvalue weighted by atomic mass is 32.2. The third-order valence-electron chi connectivity index (χ3n) is 4.47. The summed E-state index contributed by atoms with van der Waals surface area (Å²) in [6, 6.07) is 14.9. The molecule has 2 aromatic carbocycles. The molecule has 0 unspecified atom stereocenters. The van der Waals surface area contributed by atoms with Gasteiger partial charge in [0.25, 0.3) is 0 Å². The summed E-state index contributed by atoms with van der Waals surface area (Å²) in [6.07, 6.45) is 2.29. The van der Waals surface area contributed by atoms with Gasteiger partial charge >= 0.3 is 0 Å². The first-order valence-electron chi connectivity index (χ1n) is 8.96. The number of anilines is 3. The molecule has 1 aliphatic rings. The van der Waals surface area contributed by atoms with Gasteiger partial charge in [-0.1, -0.05) is 12.1 Å². The van der Waals surface area contributed by atoms with Crippen LogP contribution in [-0.2, 0) is 19.6 Å². The van der Waals surface area contributed by atoms with Gasteiger partial charge in [0, 0.05) is 24.3 Å². The van der Waals surface area contributed by atoms with Gasteiger partial charge in [0.05, 0.1) is 23.6 Å². The van der Waals surface area contributed by atoms with Crippen molar-refractivity contribution in [1.29, 1.82) is 5.26 Å². The van der Waals surface area contributed by atoms with Crippen LogP contribution in [0.2, 0.25) is 0 Å². The molecule has 8 nitrogen and oxygen atoms in total. The maximum absolute atomic E-state index is 12.5. The fraction of sp³-hybridized carbons (Fsp3) is 0.250. The van der Waals surface area contributed by atoms with Gasteiger partial charge in [0.1, 0.15) is 6.54 Å². The van der Waals surface area contributed by atoms with Crippen molar-refractivity contribution in [1.82, 2.24) is 0 Å². The number of carbonyl (C=O) groups excluding carboxylic acids is 2. The summed E-state index contributed by atoms with van der Waals surface area (Å²) in [5.41, 5.74) is 1.68. The Morgan fingerprint density at radius 2 is 2.00 bits per heavy atom. The van der Waals surface area contributed by atoms with Crippen molar-refractivity contribution in [3.63, 3.8) is 0 Å². The second-order valence-corrected chi connectivity index (χ2v) is 8.59. The first-order chi connectivity index (χ1) is 13.8. The average Bonchev–Trinajstić information content (AvgIpc) is 3.11. The molecule has 0 spiro atoms. The van der Waals surface area contributed by atoms with E-state index in [0.29, 0.717) is 29.9 Å². The smallest absolute Gasteiger partial charge is 0.245 e. The zero-order valence-electron chi connectivity index (χ0n) is 15.8. The molecule has 1 fully saturated rings. The predicted molar refractivity (Wildman–Crippen MR) is 110 cm³/mol. The molecule has 3 rings (SSSR count). The van der Waals surface area contributed by atoms with Crippen LogP contribution in [0.25, 0.3) is 0 Å². The Morgan fingerprint density at radius 1 is 1.24 bits per heavy atom. The van der Waals surface area contributed by atoms with E-state index in [1.165, 1.54) is 12.1 Å². The Labute approximate surface area is 169 Å². The average molecular weight is 412 g/mol. The number of rotatable bonds is 6. The number of sulfonamides is 1. The monoisotopic (exact) mass is 412 g/mol. The Bertz CT molecular complexity index is 1090. The zero-order chi connectivity index (χ0) is 21.0. The van der Waals surface area contributed by atoms with E-state index in [4.69, 9.17) is 5.26 Å². The lowest BCUT2D eigenvalue weighted by Gasteiger charge is -2.22. The molecule has 9 heteroatoms. The van der Waals surface area contributed by atoms with Gasteiger partial charge in [-0.2, -0.15) is 5.26 Å². The van der Waals surface area contributed by atoms with Crippen LogP contribution in [0.1, 0.15) is 18.4 Å². The van der Waals surface area contributed by atoms with Crippen molar-refractivity contribution in [3.8, 4) is 6.07 Å². The summed E-state index contributed by atoms with van der Waals surface area (Å²) >= 11 is 0. The molecule has 2 amide bonds. The van der Waals surface area contributed by atoms with Crippen LogP contribution in [0.4, 0.5) is 17.1 Å². The van der Waals surface area contributed by atoms with Crippen molar-refractivity contribution < 1.29 is 18.0 Å². The SMILES string of the molecule is CS(=O)(=O)N(CC(=O)Nc1cccc(N2CCCC2=O)c1)c1cccc(C#N)c1. The first kappa shape index (κ1) is 20.4. The summed E-state index contributed by atoms with van der Waals surface area (Å²) in [6.45, 7) is 0.188. The number of benzene rings is 2. The number of nitrogens with one attached hydrogen (secondary N) is 1. The van der Waals surface area contributed by atoms with E-state index in [1.54, 1.807) is 41.3 Å². The summed E-state index contributed by atoms with van der Waals surface area (Å²) in [5, 5.41) is 11.7. The van der Waals surface area contributed by atoms with Gasteiger partial charge in [0.2, 0.25) is 21.8 Å². The van der Waals surface area contributed by atoms with Crippen LogP contribution in [0.5, 0.6) is 0 Å². The Balaban J connectivity index is 1.77. The van der Waals surface area contributed by atoms with Crippen LogP contribution in [0.15, 0.2) is 48.5 Å². The van der Waals surface area contributed by atoms with E-state index in [0.717, 1.165) is 17.0 Å². The van der Waals surface area contributed by atoms with E-state index < -0.39 is 22.5 Å². The zero-order valence-corrected chi connectivity index (χ0v) is 16.6. The summed E-state index contributed by atoms with van der Waals surface area (Å²) in [5.74, 6) is -0.503. The molecule has 0 aromatic heterocycles. The molecule has 1 saturated heterocycles. The van der Waals surface area contributed by atoms with Gasteiger partial charge in [-0.05, 0) is 42.8 Å². The van der Waals surface area contributed by atoms with E-state index >= 15 is 0 Å². The topological polar surface area (TPSA) is 111 Å². The van der Waals surface area contributed by atoms with Gasteiger partial charge < -0.3 is 10.2 Å². The predicted octanol–water partition coefficient (Wildman–Crippen LogP) is 2.09. The van der Waals surface area contributed by atoms with E-state index in [1.807, 2.05) is 6.07 Å². The summed E-state index contributed by atoms with van der Waals surface area (Å²) < 4.78 is 25.3. The van der Waals surface area contributed by atoms with Crippen molar-refractivity contribution in [3.05, 3.63) is 54.1 Å². The maximum Gasteiger partial charge on any atom is 0.245 e. The molecule has 0 bridgehead atoms. The standard InChI is InChI=1S/C20H20N4O4S/c1-29(27,28)24(18-8-2-5-15(11-18)13-21)14-19(25)22-16-6-3-7-17(12-16)23-10-4-9-20(23)26/h2-3,5-8,11-12H,4,9-10,14H2,1H3,(H,22,25). The minimum atomic E-state index is -3.75. The third-order valence-corrected chi connectivity index (χ3v) is 5.61. The number of amides is 2. The minimum absolute atomic E-state index is 0.0362. The third kappa shape index (κ3) is 4.92. The van der Waals surface area contributed by atoms with E-state index in [-0.39, 0.29) is 11.6 Å². The second kappa shape index (κ2) is 8.32. The van der Waals surface area contributed by atoms with E-state index in [9.17, 15) is 18.0 Å². The number of hydrogen-bond donors (Lipinski definition) is 1. The summed E-state index contributed by atoms with van der Waals surface area (Å²) in [4.78, 5) is 26.1. The molecule has 0 atom stereocenters. The molecule has 0 saturated carbocycles. The fourth-order valence-corrected chi connectivity index (χ4v) is 3.98. The van der Waals surface area contributed by atoms with Crippen molar-refractivity contribution in [2.45, 2.75) is 12.8 Å². The Morgan fingerprint density at radius 3 is 2.66 bits per heavy atom. The van der Waals surface area contributed by atoms with Crippen LogP contribution in [0.3, 0.4) is 0 Å². The number of hydrogen-bond acceptors (Lipinski definition) is 5. The van der Waals surface area contributed by atoms with Crippen molar-refractivity contribution in [2.75, 3.05) is 33.9 Å². The van der Waals surface area contributed by atoms with Gasteiger partial charge in [-0.15, -0.1) is 0 Å². The van der Waals surface area contributed by atoms with Gasteiger partial charge in [0.15, 0.2) is 0 Å². The largest absolute Gasteiger partial charge is 0.324 e. The molecule has 150 valence electrons. The van der Waals surface area contributed by atoms with Gasteiger partial charge in [-0.3, -0.25) is 13.9 Å². The fourth-order valence-electron chi connectivity index (χ4n) is 3.13. The molecule has 29 heavy (non-hydrogen) atoms. The highest BCUT2D eigenvalue weighted by molar-refractivity contribution is 7.92. The quantitative estimate of drug-likeness (QED) is 0.781. The Kier molecular flexibility index (Phi) is 5.84.